The van der Waals surface area contributed by atoms with E-state index in [4.69, 9.17) is 0 Å². The molecule has 2 aromatic carbocycles. The van der Waals surface area contributed by atoms with Gasteiger partial charge in [-0.2, -0.15) is 0 Å². The van der Waals surface area contributed by atoms with Gasteiger partial charge in [0.1, 0.15) is 6.33 Å². The first-order chi connectivity index (χ1) is 15.7. The number of fused-ring (bicyclic) bond motifs is 2. The van der Waals surface area contributed by atoms with Crippen molar-refractivity contribution in [2.24, 2.45) is 7.05 Å². The van der Waals surface area contributed by atoms with Gasteiger partial charge in [-0.05, 0) is 77.9 Å². The van der Waals surface area contributed by atoms with Gasteiger partial charge >= 0.3 is 0 Å². The molecule has 162 valence electrons. The van der Waals surface area contributed by atoms with E-state index in [1.54, 1.807) is 16.6 Å². The average Bonchev–Trinajstić information content (AvgIpc) is 3.50. The van der Waals surface area contributed by atoms with Crippen LogP contribution in [0.5, 0.6) is 0 Å². The SMILES string of the molecule is Cn1c(-c2ccc(-n3cnnn3)cc2)nnc1N1CCCC2(CCCc3ccccc32)C1. The number of hydrogen-bond donors (Lipinski definition) is 0. The van der Waals surface area contributed by atoms with Gasteiger partial charge in [-0.1, -0.05) is 24.3 Å². The highest BCUT2D eigenvalue weighted by atomic mass is 15.5. The molecule has 3 heterocycles. The summed E-state index contributed by atoms with van der Waals surface area (Å²) < 4.78 is 3.76. The first-order valence-electron chi connectivity index (χ1n) is 11.3. The Kier molecular flexibility index (Phi) is 4.52. The minimum absolute atomic E-state index is 0.229. The van der Waals surface area contributed by atoms with Crippen molar-refractivity contribution in [3.8, 4) is 17.1 Å². The van der Waals surface area contributed by atoms with Gasteiger partial charge in [-0.3, -0.25) is 4.57 Å². The van der Waals surface area contributed by atoms with Crippen molar-refractivity contribution in [2.45, 2.75) is 37.5 Å². The molecule has 2 aliphatic rings. The van der Waals surface area contributed by atoms with Crippen LogP contribution in [0.1, 0.15) is 36.8 Å². The maximum absolute atomic E-state index is 4.62. The molecule has 8 heteroatoms. The Bertz CT molecular complexity index is 1230. The zero-order valence-corrected chi connectivity index (χ0v) is 18.2. The van der Waals surface area contributed by atoms with Gasteiger partial charge in [0, 0.05) is 31.1 Å². The van der Waals surface area contributed by atoms with E-state index in [1.165, 1.54) is 37.7 Å². The van der Waals surface area contributed by atoms with E-state index in [9.17, 15) is 0 Å². The number of piperidine rings is 1. The van der Waals surface area contributed by atoms with E-state index in [2.05, 4.69) is 66.5 Å². The fraction of sp³-hybridized carbons (Fsp3) is 0.375. The quantitative estimate of drug-likeness (QED) is 0.500. The third-order valence-corrected chi connectivity index (χ3v) is 7.14. The molecule has 2 aromatic heterocycles. The van der Waals surface area contributed by atoms with Crippen LogP contribution in [0.3, 0.4) is 0 Å². The molecule has 0 bridgehead atoms. The van der Waals surface area contributed by atoms with Crippen molar-refractivity contribution in [3.05, 3.63) is 66.0 Å². The second-order valence-corrected chi connectivity index (χ2v) is 9.00. The summed E-state index contributed by atoms with van der Waals surface area (Å²) in [7, 11) is 2.07. The highest BCUT2D eigenvalue weighted by Crippen LogP contribution is 2.44. The van der Waals surface area contributed by atoms with Gasteiger partial charge in [0.15, 0.2) is 5.82 Å². The summed E-state index contributed by atoms with van der Waals surface area (Å²) in [5.41, 5.74) is 5.25. The summed E-state index contributed by atoms with van der Waals surface area (Å²) in [6, 6.07) is 17.1. The minimum atomic E-state index is 0.229. The fourth-order valence-corrected chi connectivity index (χ4v) is 5.62. The molecule has 0 radical (unpaired) electrons. The molecule has 8 nitrogen and oxygen atoms in total. The van der Waals surface area contributed by atoms with E-state index in [-0.39, 0.29) is 5.41 Å². The zero-order chi connectivity index (χ0) is 21.5. The van der Waals surface area contributed by atoms with E-state index < -0.39 is 0 Å². The number of hydrogen-bond acceptors (Lipinski definition) is 6. The maximum atomic E-state index is 4.62. The molecule has 4 aromatic rings. The molecule has 1 aliphatic heterocycles. The van der Waals surface area contributed by atoms with Crippen LogP contribution in [0.2, 0.25) is 0 Å². The molecule has 1 aliphatic carbocycles. The smallest absolute Gasteiger partial charge is 0.227 e. The van der Waals surface area contributed by atoms with Crippen LogP contribution < -0.4 is 4.90 Å². The maximum Gasteiger partial charge on any atom is 0.227 e. The molecular formula is C24H26N8. The number of benzene rings is 2. The molecule has 0 amide bonds. The lowest BCUT2D eigenvalue weighted by Crippen LogP contribution is -2.48. The van der Waals surface area contributed by atoms with Crippen molar-refractivity contribution in [3.63, 3.8) is 0 Å². The number of anilines is 1. The summed E-state index contributed by atoms with van der Waals surface area (Å²) in [6.45, 7) is 2.03. The number of aryl methyl sites for hydroxylation is 1. The van der Waals surface area contributed by atoms with Crippen LogP contribution in [0, 0.1) is 0 Å². The van der Waals surface area contributed by atoms with Crippen molar-refractivity contribution in [1.82, 2.24) is 35.0 Å². The predicted molar refractivity (Wildman–Crippen MR) is 122 cm³/mol. The Labute approximate surface area is 186 Å². The average molecular weight is 427 g/mol. The van der Waals surface area contributed by atoms with Crippen LogP contribution in [0.15, 0.2) is 54.9 Å². The fourth-order valence-electron chi connectivity index (χ4n) is 5.62. The van der Waals surface area contributed by atoms with Gasteiger partial charge < -0.3 is 4.90 Å². The standard InChI is InChI=1S/C24H26N8/c1-30-22(19-9-11-20(12-10-19)32-17-25-28-29-32)26-27-23(30)31-15-5-14-24(16-31)13-4-7-18-6-2-3-8-21(18)24/h2-3,6,8-12,17H,4-5,7,13-16H2,1H3. The molecular weight excluding hydrogens is 400 g/mol. The van der Waals surface area contributed by atoms with E-state index in [0.29, 0.717) is 0 Å². The Morgan fingerprint density at radius 2 is 1.78 bits per heavy atom. The first kappa shape index (κ1) is 19.2. The lowest BCUT2D eigenvalue weighted by atomic mass is 9.66. The summed E-state index contributed by atoms with van der Waals surface area (Å²) >= 11 is 0. The largest absolute Gasteiger partial charge is 0.340 e. The van der Waals surface area contributed by atoms with Crippen LogP contribution in [-0.2, 0) is 18.9 Å². The number of aromatic nitrogens is 7. The second-order valence-electron chi connectivity index (χ2n) is 9.00. The molecule has 1 spiro atoms. The molecule has 1 unspecified atom stereocenters. The predicted octanol–water partition coefficient (Wildman–Crippen LogP) is 3.33. The van der Waals surface area contributed by atoms with Gasteiger partial charge in [-0.25, -0.2) is 4.68 Å². The van der Waals surface area contributed by atoms with Crippen LogP contribution >= 0.6 is 0 Å². The summed E-state index contributed by atoms with van der Waals surface area (Å²) in [5, 5.41) is 20.5. The topological polar surface area (TPSA) is 77.5 Å². The molecule has 6 rings (SSSR count). The van der Waals surface area contributed by atoms with E-state index in [1.807, 2.05) is 24.3 Å². The zero-order valence-electron chi connectivity index (χ0n) is 18.2. The number of rotatable bonds is 3. The lowest BCUT2D eigenvalue weighted by Gasteiger charge is -2.46. The molecule has 1 saturated heterocycles. The van der Waals surface area contributed by atoms with Gasteiger partial charge in [0.05, 0.1) is 5.69 Å². The highest BCUT2D eigenvalue weighted by Gasteiger charge is 2.41. The molecule has 32 heavy (non-hydrogen) atoms. The Morgan fingerprint density at radius 1 is 0.938 bits per heavy atom. The number of tetrazole rings is 1. The minimum Gasteiger partial charge on any atom is -0.340 e. The van der Waals surface area contributed by atoms with Crippen molar-refractivity contribution in [1.29, 1.82) is 0 Å². The van der Waals surface area contributed by atoms with E-state index in [0.717, 1.165) is 36.1 Å². The normalized spacial score (nSPS) is 20.5. The molecule has 0 saturated carbocycles. The number of nitrogens with zero attached hydrogens (tertiary/aromatic N) is 8. The van der Waals surface area contributed by atoms with Crippen molar-refractivity contribution < 1.29 is 0 Å². The van der Waals surface area contributed by atoms with Crippen molar-refractivity contribution in [2.75, 3.05) is 18.0 Å². The van der Waals surface area contributed by atoms with E-state index >= 15 is 0 Å². The van der Waals surface area contributed by atoms with Gasteiger partial charge in [0.25, 0.3) is 0 Å². The van der Waals surface area contributed by atoms with Gasteiger partial charge in [0.2, 0.25) is 5.95 Å². The summed E-state index contributed by atoms with van der Waals surface area (Å²) in [4.78, 5) is 2.44. The third-order valence-electron chi connectivity index (χ3n) is 7.14. The van der Waals surface area contributed by atoms with Crippen LogP contribution in [0.4, 0.5) is 5.95 Å². The summed E-state index contributed by atoms with van der Waals surface area (Å²) in [6.07, 6.45) is 7.74. The molecule has 1 fully saturated rings. The molecule has 0 N–H and O–H groups in total. The third kappa shape index (κ3) is 3.09. The van der Waals surface area contributed by atoms with Gasteiger partial charge in [-0.15, -0.1) is 15.3 Å². The Hall–Kier alpha value is -3.55. The monoisotopic (exact) mass is 426 g/mol. The van der Waals surface area contributed by atoms with Crippen molar-refractivity contribution >= 4 is 5.95 Å². The second kappa shape index (κ2) is 7.55. The lowest BCUT2D eigenvalue weighted by molar-refractivity contribution is 0.295. The first-order valence-corrected chi connectivity index (χ1v) is 11.3. The highest BCUT2D eigenvalue weighted by molar-refractivity contribution is 5.59. The van der Waals surface area contributed by atoms with Crippen LogP contribution in [0.25, 0.3) is 17.1 Å². The van der Waals surface area contributed by atoms with Crippen LogP contribution in [-0.4, -0.2) is 48.1 Å². The summed E-state index contributed by atoms with van der Waals surface area (Å²) in [5.74, 6) is 1.82. The Morgan fingerprint density at radius 3 is 2.62 bits per heavy atom. The Balaban J connectivity index is 1.29. The molecule has 1 atom stereocenters.